The Hall–Kier alpha value is -1.71. The molecule has 0 bridgehead atoms. The summed E-state index contributed by atoms with van der Waals surface area (Å²) >= 11 is 0. The third-order valence-corrected chi connectivity index (χ3v) is 2.62. The molecule has 0 radical (unpaired) electrons. The Bertz CT molecular complexity index is 429. The molecule has 0 saturated carbocycles. The number of Topliss-reactive ketones (excluding diaryl/α,β-unsaturated/α-hetero) is 2. The fraction of sp³-hybridized carbons (Fsp3) is 0.462. The fourth-order valence-electron chi connectivity index (χ4n) is 1.62. The summed E-state index contributed by atoms with van der Waals surface area (Å²) in [4.78, 5) is 28.2. The molecule has 1 aromatic rings. The van der Waals surface area contributed by atoms with Crippen LogP contribution >= 0.6 is 0 Å². The highest BCUT2D eigenvalue weighted by molar-refractivity contribution is 5.93. The van der Waals surface area contributed by atoms with Gasteiger partial charge in [-0.25, -0.2) is 0 Å². The monoisotopic (exact) mass is 236 g/mol. The molecule has 0 aliphatic heterocycles. The molecule has 0 spiro atoms. The first-order valence-corrected chi connectivity index (χ1v) is 5.54. The van der Waals surface area contributed by atoms with E-state index in [-0.39, 0.29) is 17.5 Å². The van der Waals surface area contributed by atoms with Crippen LogP contribution in [0.1, 0.15) is 60.2 Å². The molecule has 0 aliphatic carbocycles. The fourth-order valence-corrected chi connectivity index (χ4v) is 1.62. The van der Waals surface area contributed by atoms with Crippen molar-refractivity contribution in [2.75, 3.05) is 7.11 Å². The summed E-state index contributed by atoms with van der Waals surface area (Å²) in [7, 11) is 1.44. The minimum Gasteiger partial charge on any atom is -0.288 e. The first-order valence-electron chi connectivity index (χ1n) is 5.54. The number of hydrogen-bond acceptors (Lipinski definition) is 3. The van der Waals surface area contributed by atoms with Crippen molar-refractivity contribution in [3.8, 4) is 0 Å². The Morgan fingerprint density at radius 2 is 1.53 bits per heavy atom. The number of pyridine rings is 1. The standard InChI is InChI=1S/C13H18NO3/c1-8(2)11-6-12(9(3)15)14(17-5)13(7-11)10(4)16/h6-8H,1-5H3/q+1. The van der Waals surface area contributed by atoms with E-state index in [4.69, 9.17) is 4.84 Å². The quantitative estimate of drug-likeness (QED) is 0.589. The lowest BCUT2D eigenvalue weighted by Gasteiger charge is -2.07. The molecule has 4 nitrogen and oxygen atoms in total. The number of carbonyl (C=O) groups excluding carboxylic acids is 2. The van der Waals surface area contributed by atoms with Gasteiger partial charge in [0.2, 0.25) is 11.6 Å². The Kier molecular flexibility index (Phi) is 3.99. The Labute approximate surface area is 101 Å². The highest BCUT2D eigenvalue weighted by atomic mass is 16.6. The van der Waals surface area contributed by atoms with Gasteiger partial charge < -0.3 is 0 Å². The van der Waals surface area contributed by atoms with Crippen LogP contribution < -0.4 is 9.57 Å². The molecule has 1 heterocycles. The Balaban J connectivity index is 3.57. The molecule has 0 aliphatic rings. The van der Waals surface area contributed by atoms with E-state index >= 15 is 0 Å². The summed E-state index contributed by atoms with van der Waals surface area (Å²) in [5.74, 6) is -0.00796. The molecule has 0 unspecified atom stereocenters. The summed E-state index contributed by atoms with van der Waals surface area (Å²) in [6.07, 6.45) is 0. The highest BCUT2D eigenvalue weighted by Crippen LogP contribution is 2.16. The van der Waals surface area contributed by atoms with Crippen molar-refractivity contribution in [3.63, 3.8) is 0 Å². The molecule has 0 aromatic carbocycles. The van der Waals surface area contributed by atoms with Gasteiger partial charge in [-0.15, -0.1) is 0 Å². The molecule has 0 atom stereocenters. The average molecular weight is 236 g/mol. The van der Waals surface area contributed by atoms with Crippen molar-refractivity contribution in [1.82, 2.24) is 0 Å². The molecule has 17 heavy (non-hydrogen) atoms. The van der Waals surface area contributed by atoms with Crippen molar-refractivity contribution in [2.24, 2.45) is 0 Å². The molecule has 0 N–H and O–H groups in total. The van der Waals surface area contributed by atoms with Crippen molar-refractivity contribution >= 4 is 11.6 Å². The second-order valence-corrected chi connectivity index (χ2v) is 4.30. The van der Waals surface area contributed by atoms with E-state index in [1.807, 2.05) is 13.8 Å². The Morgan fingerprint density at radius 1 is 1.12 bits per heavy atom. The maximum Gasteiger partial charge on any atom is 0.300 e. The minimum absolute atomic E-state index is 0.128. The second-order valence-electron chi connectivity index (χ2n) is 4.30. The van der Waals surface area contributed by atoms with E-state index < -0.39 is 0 Å². The molecule has 0 fully saturated rings. The van der Waals surface area contributed by atoms with Gasteiger partial charge in [0.1, 0.15) is 7.11 Å². The number of aromatic nitrogens is 1. The third kappa shape index (κ3) is 2.70. The average Bonchev–Trinajstić information content (AvgIpc) is 2.26. The zero-order valence-corrected chi connectivity index (χ0v) is 10.9. The SMILES string of the molecule is CO[n+]1c(C(C)=O)cc(C(C)C)cc1C(C)=O. The maximum absolute atomic E-state index is 11.6. The zero-order valence-electron chi connectivity index (χ0n) is 10.9. The molecular formula is C13H18NO3+. The van der Waals surface area contributed by atoms with Crippen LogP contribution in [-0.2, 0) is 0 Å². The van der Waals surface area contributed by atoms with Gasteiger partial charge in [-0.2, -0.15) is 0 Å². The number of hydrogen-bond donors (Lipinski definition) is 0. The Morgan fingerprint density at radius 3 is 1.76 bits per heavy atom. The van der Waals surface area contributed by atoms with Gasteiger partial charge in [0, 0.05) is 30.7 Å². The normalized spacial score (nSPS) is 10.5. The topological polar surface area (TPSA) is 47.2 Å². The third-order valence-electron chi connectivity index (χ3n) is 2.62. The van der Waals surface area contributed by atoms with E-state index in [0.717, 1.165) is 5.56 Å². The van der Waals surface area contributed by atoms with Gasteiger partial charge in [-0.1, -0.05) is 13.8 Å². The molecular weight excluding hydrogens is 218 g/mol. The second kappa shape index (κ2) is 5.08. The predicted octanol–water partition coefficient (Wildman–Crippen LogP) is 1.56. The zero-order chi connectivity index (χ0) is 13.2. The van der Waals surface area contributed by atoms with E-state index in [0.29, 0.717) is 11.4 Å². The number of ketones is 2. The van der Waals surface area contributed by atoms with Crippen molar-refractivity contribution in [2.45, 2.75) is 33.6 Å². The molecule has 92 valence electrons. The minimum atomic E-state index is -0.128. The van der Waals surface area contributed by atoms with Gasteiger partial charge in [-0.3, -0.25) is 14.4 Å². The van der Waals surface area contributed by atoms with Crippen LogP contribution in [0.15, 0.2) is 12.1 Å². The van der Waals surface area contributed by atoms with Crippen LogP contribution in [0.25, 0.3) is 0 Å². The van der Waals surface area contributed by atoms with Crippen molar-refractivity contribution < 1.29 is 19.2 Å². The van der Waals surface area contributed by atoms with Gasteiger partial charge in [0.25, 0.3) is 0 Å². The van der Waals surface area contributed by atoms with Crippen LogP contribution in [0.2, 0.25) is 0 Å². The van der Waals surface area contributed by atoms with Crippen LogP contribution in [0.4, 0.5) is 0 Å². The summed E-state index contributed by atoms with van der Waals surface area (Å²) < 4.78 is 1.29. The van der Waals surface area contributed by atoms with Gasteiger partial charge >= 0.3 is 11.4 Å². The van der Waals surface area contributed by atoms with Gasteiger partial charge in [-0.05, 0) is 11.5 Å². The lowest BCUT2D eigenvalue weighted by Crippen LogP contribution is -2.50. The van der Waals surface area contributed by atoms with Crippen LogP contribution in [0.5, 0.6) is 0 Å². The van der Waals surface area contributed by atoms with E-state index in [9.17, 15) is 9.59 Å². The highest BCUT2D eigenvalue weighted by Gasteiger charge is 2.27. The number of rotatable bonds is 4. The summed E-state index contributed by atoms with van der Waals surface area (Å²) in [5.41, 5.74) is 1.74. The van der Waals surface area contributed by atoms with E-state index in [1.54, 1.807) is 12.1 Å². The van der Waals surface area contributed by atoms with Crippen LogP contribution in [-0.4, -0.2) is 18.7 Å². The van der Waals surface area contributed by atoms with Crippen molar-refractivity contribution in [3.05, 3.63) is 29.1 Å². The largest absolute Gasteiger partial charge is 0.300 e. The van der Waals surface area contributed by atoms with E-state index in [2.05, 4.69) is 0 Å². The van der Waals surface area contributed by atoms with Gasteiger partial charge in [0.05, 0.1) is 0 Å². The van der Waals surface area contributed by atoms with Gasteiger partial charge in [0.15, 0.2) is 0 Å². The lowest BCUT2D eigenvalue weighted by atomic mass is 10.0. The predicted molar refractivity (Wildman–Crippen MR) is 63.2 cm³/mol. The summed E-state index contributed by atoms with van der Waals surface area (Å²) in [6, 6.07) is 3.53. The summed E-state index contributed by atoms with van der Waals surface area (Å²) in [5, 5.41) is 0. The number of carbonyl (C=O) groups is 2. The first-order chi connectivity index (χ1) is 7.88. The van der Waals surface area contributed by atoms with Crippen molar-refractivity contribution in [1.29, 1.82) is 0 Å². The maximum atomic E-state index is 11.6. The lowest BCUT2D eigenvalue weighted by molar-refractivity contribution is -0.887. The number of nitrogens with zero attached hydrogens (tertiary/aromatic N) is 1. The molecule has 0 saturated heterocycles. The molecule has 1 aromatic heterocycles. The molecule has 4 heteroatoms. The molecule has 1 rings (SSSR count). The molecule has 0 amide bonds. The smallest absolute Gasteiger partial charge is 0.288 e. The first kappa shape index (κ1) is 13.4. The van der Waals surface area contributed by atoms with Crippen LogP contribution in [0, 0.1) is 0 Å². The van der Waals surface area contributed by atoms with E-state index in [1.165, 1.54) is 25.7 Å². The summed E-state index contributed by atoms with van der Waals surface area (Å²) in [6.45, 7) is 6.94. The van der Waals surface area contributed by atoms with Crippen LogP contribution in [0.3, 0.4) is 0 Å².